The summed E-state index contributed by atoms with van der Waals surface area (Å²) >= 11 is 0. The molecule has 5 nitrogen and oxygen atoms in total. The fraction of sp³-hybridized carbons (Fsp3) is 0.625. The molecule has 0 atom stereocenters. The second-order valence-corrected chi connectivity index (χ2v) is 6.27. The van der Waals surface area contributed by atoms with Crippen LogP contribution in [0.4, 0.5) is 5.82 Å². The fourth-order valence-corrected chi connectivity index (χ4v) is 2.85. The lowest BCUT2D eigenvalue weighted by molar-refractivity contribution is 0.0660. The topological polar surface area (TPSA) is 48.5 Å². The number of pyridine rings is 1. The highest BCUT2D eigenvalue weighted by Gasteiger charge is 2.28. The number of carbonyl (C=O) groups is 1. The number of nitrogens with zero attached hydrogens (tertiary/aromatic N) is 3. The van der Waals surface area contributed by atoms with E-state index in [-0.39, 0.29) is 5.91 Å². The van der Waals surface area contributed by atoms with Crippen LogP contribution in [0.2, 0.25) is 0 Å². The minimum atomic E-state index is 0.0841. The average molecular weight is 288 g/mol. The van der Waals surface area contributed by atoms with E-state index in [1.807, 2.05) is 24.1 Å². The van der Waals surface area contributed by atoms with Crippen LogP contribution < -0.4 is 5.32 Å². The SMILES string of the molecule is CN1CCC(N(C)C(=O)c2cccnc2NC2CC2)CC1. The molecule has 1 saturated carbocycles. The van der Waals surface area contributed by atoms with E-state index >= 15 is 0 Å². The number of anilines is 1. The number of carbonyl (C=O) groups excluding carboxylic acids is 1. The van der Waals surface area contributed by atoms with Crippen molar-refractivity contribution in [2.45, 2.75) is 37.8 Å². The van der Waals surface area contributed by atoms with Gasteiger partial charge in [-0.15, -0.1) is 0 Å². The molecule has 1 aliphatic heterocycles. The van der Waals surface area contributed by atoms with E-state index < -0.39 is 0 Å². The number of nitrogens with one attached hydrogen (secondary N) is 1. The summed E-state index contributed by atoms with van der Waals surface area (Å²) in [5.41, 5.74) is 0.700. The van der Waals surface area contributed by atoms with Crippen molar-refractivity contribution in [3.8, 4) is 0 Å². The molecule has 1 aliphatic carbocycles. The second kappa shape index (κ2) is 6.02. The summed E-state index contributed by atoms with van der Waals surface area (Å²) in [6.45, 7) is 2.12. The molecule has 2 fully saturated rings. The minimum Gasteiger partial charge on any atom is -0.367 e. The number of aromatic nitrogens is 1. The average Bonchev–Trinajstić information content (AvgIpc) is 3.31. The van der Waals surface area contributed by atoms with Gasteiger partial charge in [0, 0.05) is 25.3 Å². The Bertz CT molecular complexity index is 507. The van der Waals surface area contributed by atoms with Crippen LogP contribution in [-0.4, -0.2) is 60.0 Å². The third kappa shape index (κ3) is 3.35. The molecule has 0 radical (unpaired) electrons. The normalized spacial score (nSPS) is 20.3. The molecule has 1 saturated heterocycles. The van der Waals surface area contributed by atoms with Crippen molar-refractivity contribution in [1.82, 2.24) is 14.8 Å². The molecule has 0 aromatic carbocycles. The van der Waals surface area contributed by atoms with Crippen LogP contribution in [0.5, 0.6) is 0 Å². The Kier molecular flexibility index (Phi) is 4.10. The van der Waals surface area contributed by atoms with Crippen LogP contribution in [-0.2, 0) is 0 Å². The molecule has 3 rings (SSSR count). The first-order valence-electron chi connectivity index (χ1n) is 7.82. The first-order chi connectivity index (χ1) is 10.1. The second-order valence-electron chi connectivity index (χ2n) is 6.27. The lowest BCUT2D eigenvalue weighted by atomic mass is 10.0. The van der Waals surface area contributed by atoms with Gasteiger partial charge in [0.1, 0.15) is 5.82 Å². The van der Waals surface area contributed by atoms with E-state index in [1.54, 1.807) is 6.20 Å². The number of hydrogen-bond donors (Lipinski definition) is 1. The van der Waals surface area contributed by atoms with E-state index in [0.717, 1.165) is 31.7 Å². The van der Waals surface area contributed by atoms with Crippen molar-refractivity contribution in [3.05, 3.63) is 23.9 Å². The summed E-state index contributed by atoms with van der Waals surface area (Å²) in [6, 6.07) is 4.56. The third-order valence-corrected chi connectivity index (χ3v) is 4.51. The van der Waals surface area contributed by atoms with Gasteiger partial charge in [-0.05, 0) is 58.0 Å². The van der Waals surface area contributed by atoms with E-state index in [0.29, 0.717) is 17.6 Å². The predicted molar refractivity (Wildman–Crippen MR) is 83.5 cm³/mol. The maximum absolute atomic E-state index is 12.8. The van der Waals surface area contributed by atoms with E-state index in [9.17, 15) is 4.79 Å². The molecule has 114 valence electrons. The first kappa shape index (κ1) is 14.3. The first-order valence-corrected chi connectivity index (χ1v) is 7.82. The van der Waals surface area contributed by atoms with E-state index in [4.69, 9.17) is 0 Å². The van der Waals surface area contributed by atoms with Gasteiger partial charge in [-0.25, -0.2) is 4.98 Å². The van der Waals surface area contributed by atoms with Crippen LogP contribution in [0.1, 0.15) is 36.0 Å². The maximum atomic E-state index is 12.8. The Morgan fingerprint density at radius 2 is 2.05 bits per heavy atom. The third-order valence-electron chi connectivity index (χ3n) is 4.51. The number of likely N-dealkylation sites (tertiary alicyclic amines) is 1. The van der Waals surface area contributed by atoms with Crippen molar-refractivity contribution >= 4 is 11.7 Å². The molecule has 1 N–H and O–H groups in total. The number of piperidine rings is 1. The highest BCUT2D eigenvalue weighted by Crippen LogP contribution is 2.26. The van der Waals surface area contributed by atoms with Gasteiger partial charge in [-0.3, -0.25) is 4.79 Å². The Balaban J connectivity index is 1.71. The summed E-state index contributed by atoms with van der Waals surface area (Å²) in [4.78, 5) is 21.4. The van der Waals surface area contributed by atoms with E-state index in [2.05, 4.69) is 22.2 Å². The zero-order chi connectivity index (χ0) is 14.8. The van der Waals surface area contributed by atoms with Crippen LogP contribution >= 0.6 is 0 Å². The van der Waals surface area contributed by atoms with E-state index in [1.165, 1.54) is 12.8 Å². The standard InChI is InChI=1S/C16H24N4O/c1-19-10-7-13(8-11-19)20(2)16(21)14-4-3-9-17-15(14)18-12-5-6-12/h3-4,9,12-13H,5-8,10-11H2,1-2H3,(H,17,18). The highest BCUT2D eigenvalue weighted by molar-refractivity contribution is 5.98. The van der Waals surface area contributed by atoms with Gasteiger partial charge < -0.3 is 15.1 Å². The van der Waals surface area contributed by atoms with Crippen molar-refractivity contribution < 1.29 is 4.79 Å². The zero-order valence-electron chi connectivity index (χ0n) is 12.9. The number of hydrogen-bond acceptors (Lipinski definition) is 4. The lowest BCUT2D eigenvalue weighted by Crippen LogP contribution is -2.44. The highest BCUT2D eigenvalue weighted by atomic mass is 16.2. The summed E-state index contributed by atoms with van der Waals surface area (Å²) in [5.74, 6) is 0.825. The van der Waals surface area contributed by atoms with Crippen molar-refractivity contribution in [2.75, 3.05) is 32.5 Å². The maximum Gasteiger partial charge on any atom is 0.257 e. The van der Waals surface area contributed by atoms with Gasteiger partial charge in [-0.1, -0.05) is 0 Å². The molecule has 0 unspecified atom stereocenters. The Hall–Kier alpha value is -1.62. The van der Waals surface area contributed by atoms with Crippen molar-refractivity contribution in [1.29, 1.82) is 0 Å². The summed E-state index contributed by atoms with van der Waals surface area (Å²) < 4.78 is 0. The summed E-state index contributed by atoms with van der Waals surface area (Å²) in [6.07, 6.45) is 6.19. The molecule has 1 amide bonds. The van der Waals surface area contributed by atoms with Crippen molar-refractivity contribution in [3.63, 3.8) is 0 Å². The number of rotatable bonds is 4. The smallest absolute Gasteiger partial charge is 0.257 e. The molecule has 2 aliphatic rings. The summed E-state index contributed by atoms with van der Waals surface area (Å²) in [7, 11) is 4.06. The van der Waals surface area contributed by atoms with Crippen LogP contribution in [0.15, 0.2) is 18.3 Å². The van der Waals surface area contributed by atoms with Crippen LogP contribution in [0.25, 0.3) is 0 Å². The molecule has 1 aromatic rings. The van der Waals surface area contributed by atoms with Gasteiger partial charge in [-0.2, -0.15) is 0 Å². The summed E-state index contributed by atoms with van der Waals surface area (Å²) in [5, 5.41) is 3.36. The van der Waals surface area contributed by atoms with Crippen LogP contribution in [0.3, 0.4) is 0 Å². The van der Waals surface area contributed by atoms with Gasteiger partial charge in [0.15, 0.2) is 0 Å². The van der Waals surface area contributed by atoms with Crippen LogP contribution in [0, 0.1) is 0 Å². The zero-order valence-corrected chi connectivity index (χ0v) is 12.9. The Labute approximate surface area is 126 Å². The van der Waals surface area contributed by atoms with Gasteiger partial charge in [0.05, 0.1) is 5.56 Å². The van der Waals surface area contributed by atoms with Gasteiger partial charge in [0.25, 0.3) is 5.91 Å². The fourth-order valence-electron chi connectivity index (χ4n) is 2.85. The molecule has 0 spiro atoms. The molecule has 1 aromatic heterocycles. The molecule has 21 heavy (non-hydrogen) atoms. The largest absolute Gasteiger partial charge is 0.367 e. The molecule has 2 heterocycles. The number of amides is 1. The minimum absolute atomic E-state index is 0.0841. The molecule has 5 heteroatoms. The molecule has 0 bridgehead atoms. The Morgan fingerprint density at radius 1 is 1.33 bits per heavy atom. The van der Waals surface area contributed by atoms with Gasteiger partial charge >= 0.3 is 0 Å². The lowest BCUT2D eigenvalue weighted by Gasteiger charge is -2.35. The quantitative estimate of drug-likeness (QED) is 0.918. The monoisotopic (exact) mass is 288 g/mol. The Morgan fingerprint density at radius 3 is 2.71 bits per heavy atom. The predicted octanol–water partition coefficient (Wildman–Crippen LogP) is 1.82. The van der Waals surface area contributed by atoms with Crippen molar-refractivity contribution in [2.24, 2.45) is 0 Å². The molecular formula is C16H24N4O. The van der Waals surface area contributed by atoms with Gasteiger partial charge in [0.2, 0.25) is 0 Å². The molecular weight excluding hydrogens is 264 g/mol.